The number of hydrogen-bond donors (Lipinski definition) is 2. The largest absolute Gasteiger partial charge is 0.369 e. The number of carbonyl (C=O) groups excluding carboxylic acids is 2. The molecule has 5 nitrogen and oxygen atoms in total. The van der Waals surface area contributed by atoms with Gasteiger partial charge >= 0.3 is 6.03 Å². The molecule has 2 rings (SSSR count). The maximum absolute atomic E-state index is 12.0. The van der Waals surface area contributed by atoms with Crippen LogP contribution in [0.3, 0.4) is 0 Å². The van der Waals surface area contributed by atoms with Gasteiger partial charge < -0.3 is 16.0 Å². The highest BCUT2D eigenvalue weighted by atomic mass is 16.2. The van der Waals surface area contributed by atoms with Gasteiger partial charge in [-0.05, 0) is 31.6 Å². The van der Waals surface area contributed by atoms with Crippen molar-refractivity contribution in [3.63, 3.8) is 0 Å². The molecule has 0 spiro atoms. The van der Waals surface area contributed by atoms with Crippen molar-refractivity contribution in [1.82, 2.24) is 10.2 Å². The van der Waals surface area contributed by atoms with Crippen molar-refractivity contribution in [2.45, 2.75) is 44.9 Å². The lowest BCUT2D eigenvalue weighted by atomic mass is 9.89. The van der Waals surface area contributed by atoms with Crippen LogP contribution in [0, 0.1) is 11.8 Å². The Morgan fingerprint density at radius 1 is 1.05 bits per heavy atom. The van der Waals surface area contributed by atoms with E-state index in [9.17, 15) is 9.59 Å². The zero-order valence-electron chi connectivity index (χ0n) is 12.0. The van der Waals surface area contributed by atoms with Crippen LogP contribution >= 0.6 is 0 Å². The third-order valence-corrected chi connectivity index (χ3v) is 4.41. The number of nitrogens with one attached hydrogen (secondary N) is 1. The molecule has 0 atom stereocenters. The first kappa shape index (κ1) is 14.9. The predicted octanol–water partition coefficient (Wildman–Crippen LogP) is 1.99. The van der Waals surface area contributed by atoms with Crippen molar-refractivity contribution < 1.29 is 9.59 Å². The first-order valence-corrected chi connectivity index (χ1v) is 7.68. The number of amides is 3. The lowest BCUT2D eigenvalue weighted by Gasteiger charge is -2.30. The van der Waals surface area contributed by atoms with Crippen LogP contribution in [-0.2, 0) is 4.79 Å². The van der Waals surface area contributed by atoms with E-state index in [-0.39, 0.29) is 17.9 Å². The smallest absolute Gasteiger partial charge is 0.321 e. The Bertz CT molecular complexity index is 367. The molecule has 112 valence electrons. The Hall–Kier alpha value is -1.52. The summed E-state index contributed by atoms with van der Waals surface area (Å²) in [6, 6.07) is -0.0695. The van der Waals surface area contributed by atoms with Gasteiger partial charge in [-0.2, -0.15) is 0 Å². The summed E-state index contributed by atoms with van der Waals surface area (Å²) in [6.07, 6.45) is 11.7. The number of nitrogens with two attached hydrogens (primary N) is 1. The fourth-order valence-corrected chi connectivity index (χ4v) is 3.04. The molecule has 0 bridgehead atoms. The predicted molar refractivity (Wildman–Crippen MR) is 77.7 cm³/mol. The SMILES string of the molecule is NC(=O)C1CCN(C(=O)N/C=C/C2CCCCC2)CC1. The molecule has 2 fully saturated rings. The van der Waals surface area contributed by atoms with Gasteiger partial charge in [-0.3, -0.25) is 4.79 Å². The van der Waals surface area contributed by atoms with E-state index in [1.165, 1.54) is 32.1 Å². The second-order valence-electron chi connectivity index (χ2n) is 5.87. The van der Waals surface area contributed by atoms with Crippen molar-refractivity contribution in [3.8, 4) is 0 Å². The lowest BCUT2D eigenvalue weighted by molar-refractivity contribution is -0.122. The Morgan fingerprint density at radius 2 is 1.70 bits per heavy atom. The number of rotatable bonds is 3. The molecule has 1 aliphatic heterocycles. The van der Waals surface area contributed by atoms with E-state index in [1.807, 2.05) is 0 Å². The van der Waals surface area contributed by atoms with Crippen LogP contribution < -0.4 is 11.1 Å². The molecular formula is C15H25N3O2. The molecule has 1 heterocycles. The first-order chi connectivity index (χ1) is 9.66. The summed E-state index contributed by atoms with van der Waals surface area (Å²) >= 11 is 0. The second kappa shape index (κ2) is 7.31. The minimum absolute atomic E-state index is 0.0695. The molecule has 3 N–H and O–H groups in total. The minimum atomic E-state index is -0.248. The number of allylic oxidation sites excluding steroid dienone is 1. The molecule has 0 aromatic heterocycles. The van der Waals surface area contributed by atoms with Gasteiger partial charge in [-0.25, -0.2) is 4.79 Å². The fourth-order valence-electron chi connectivity index (χ4n) is 3.04. The topological polar surface area (TPSA) is 75.4 Å². The monoisotopic (exact) mass is 279 g/mol. The molecule has 1 saturated carbocycles. The average Bonchev–Trinajstić information content (AvgIpc) is 2.48. The van der Waals surface area contributed by atoms with Crippen LogP contribution in [0.1, 0.15) is 44.9 Å². The molecular weight excluding hydrogens is 254 g/mol. The Balaban J connectivity index is 1.70. The van der Waals surface area contributed by atoms with Gasteiger partial charge in [0, 0.05) is 25.2 Å². The van der Waals surface area contributed by atoms with E-state index in [4.69, 9.17) is 5.73 Å². The normalized spacial score (nSPS) is 22.1. The molecule has 0 unspecified atom stereocenters. The van der Waals surface area contributed by atoms with Crippen LogP contribution in [0.5, 0.6) is 0 Å². The quantitative estimate of drug-likeness (QED) is 0.829. The zero-order chi connectivity index (χ0) is 14.4. The number of piperidine rings is 1. The summed E-state index contributed by atoms with van der Waals surface area (Å²) in [4.78, 5) is 24.8. The highest BCUT2D eigenvalue weighted by Gasteiger charge is 2.25. The molecule has 20 heavy (non-hydrogen) atoms. The van der Waals surface area contributed by atoms with Crippen molar-refractivity contribution in [2.24, 2.45) is 17.6 Å². The van der Waals surface area contributed by atoms with Gasteiger partial charge in [-0.15, -0.1) is 0 Å². The van der Waals surface area contributed by atoms with Crippen molar-refractivity contribution in [1.29, 1.82) is 0 Å². The maximum atomic E-state index is 12.0. The Kier molecular flexibility index (Phi) is 5.44. The van der Waals surface area contributed by atoms with Crippen molar-refractivity contribution in [3.05, 3.63) is 12.3 Å². The Labute approximate surface area is 120 Å². The van der Waals surface area contributed by atoms with E-state index >= 15 is 0 Å². The van der Waals surface area contributed by atoms with Crippen LogP contribution in [0.2, 0.25) is 0 Å². The zero-order valence-corrected chi connectivity index (χ0v) is 12.0. The van der Waals surface area contributed by atoms with Crippen molar-refractivity contribution >= 4 is 11.9 Å². The number of urea groups is 1. The van der Waals surface area contributed by atoms with Crippen LogP contribution in [0.25, 0.3) is 0 Å². The summed E-state index contributed by atoms with van der Waals surface area (Å²) < 4.78 is 0. The van der Waals surface area contributed by atoms with Gasteiger partial charge in [0.05, 0.1) is 0 Å². The third-order valence-electron chi connectivity index (χ3n) is 4.41. The van der Waals surface area contributed by atoms with Crippen LogP contribution in [0.15, 0.2) is 12.3 Å². The van der Waals surface area contributed by atoms with Gasteiger partial charge in [0.25, 0.3) is 0 Å². The average molecular weight is 279 g/mol. The molecule has 1 aliphatic carbocycles. The summed E-state index contributed by atoms with van der Waals surface area (Å²) in [7, 11) is 0. The molecule has 0 radical (unpaired) electrons. The van der Waals surface area contributed by atoms with Crippen molar-refractivity contribution in [2.75, 3.05) is 13.1 Å². The third kappa shape index (κ3) is 4.25. The minimum Gasteiger partial charge on any atom is -0.369 e. The molecule has 3 amide bonds. The van der Waals surface area contributed by atoms with Crippen LogP contribution in [0.4, 0.5) is 4.79 Å². The van der Waals surface area contributed by atoms with E-state index in [0.717, 1.165) is 0 Å². The van der Waals surface area contributed by atoms with E-state index in [2.05, 4.69) is 11.4 Å². The number of carbonyl (C=O) groups is 2. The number of nitrogens with zero attached hydrogens (tertiary/aromatic N) is 1. The lowest BCUT2D eigenvalue weighted by Crippen LogP contribution is -2.45. The molecule has 0 aromatic rings. The number of hydrogen-bond acceptors (Lipinski definition) is 2. The van der Waals surface area contributed by atoms with Crippen LogP contribution in [-0.4, -0.2) is 29.9 Å². The van der Waals surface area contributed by atoms with Gasteiger partial charge in [0.2, 0.25) is 5.91 Å². The number of primary amides is 1. The van der Waals surface area contributed by atoms with E-state index < -0.39 is 0 Å². The summed E-state index contributed by atoms with van der Waals surface area (Å²) in [5.74, 6) is 0.295. The standard InChI is InChI=1S/C15H25N3O2/c16-14(19)13-7-10-18(11-8-13)15(20)17-9-6-12-4-2-1-3-5-12/h6,9,12-13H,1-5,7-8,10-11H2,(H2,16,19)(H,17,20)/b9-6+. The Morgan fingerprint density at radius 3 is 2.30 bits per heavy atom. The summed E-state index contributed by atoms with van der Waals surface area (Å²) in [6.45, 7) is 1.22. The highest BCUT2D eigenvalue weighted by Crippen LogP contribution is 2.24. The summed E-state index contributed by atoms with van der Waals surface area (Å²) in [5.41, 5.74) is 5.28. The second-order valence-corrected chi connectivity index (χ2v) is 5.87. The van der Waals surface area contributed by atoms with Gasteiger partial charge in [0.15, 0.2) is 0 Å². The maximum Gasteiger partial charge on any atom is 0.321 e. The van der Waals surface area contributed by atoms with E-state index in [1.54, 1.807) is 11.1 Å². The molecule has 5 heteroatoms. The fraction of sp³-hybridized carbons (Fsp3) is 0.733. The van der Waals surface area contributed by atoms with E-state index in [0.29, 0.717) is 31.8 Å². The van der Waals surface area contributed by atoms with Gasteiger partial charge in [0.1, 0.15) is 0 Å². The molecule has 2 aliphatic rings. The molecule has 0 aromatic carbocycles. The molecule has 1 saturated heterocycles. The number of likely N-dealkylation sites (tertiary alicyclic amines) is 1. The van der Waals surface area contributed by atoms with Gasteiger partial charge in [-0.1, -0.05) is 25.3 Å². The highest BCUT2D eigenvalue weighted by molar-refractivity contribution is 5.78. The first-order valence-electron chi connectivity index (χ1n) is 7.68. The summed E-state index contributed by atoms with van der Waals surface area (Å²) in [5, 5.41) is 2.83.